The first-order valence-corrected chi connectivity index (χ1v) is 8.62. The maximum atomic E-state index is 5.27. The number of rotatable bonds is 4. The lowest BCUT2D eigenvalue weighted by Crippen LogP contribution is -2.54. The summed E-state index contributed by atoms with van der Waals surface area (Å²) in [6.45, 7) is 6.85. The lowest BCUT2D eigenvalue weighted by Gasteiger charge is -2.33. The zero-order valence-corrected chi connectivity index (χ0v) is 10.5. The van der Waals surface area contributed by atoms with Gasteiger partial charge in [0.05, 0.1) is 0 Å². The van der Waals surface area contributed by atoms with Crippen LogP contribution in [-0.2, 0) is 8.85 Å². The summed E-state index contributed by atoms with van der Waals surface area (Å²) in [7, 11) is 2.80. The molecule has 0 fully saturated rings. The standard InChI is InChI=1S/C6H19NO2Si2/c1-7(11(4,5)6)10(8-2)9-3/h10H,1-6H3. The Morgan fingerprint density at radius 3 is 1.55 bits per heavy atom. The fourth-order valence-corrected chi connectivity index (χ4v) is 4.72. The second-order valence-corrected chi connectivity index (χ2v) is 11.5. The normalized spacial score (nSPS) is 13.1. The predicted molar refractivity (Wildman–Crippen MR) is 52.3 cm³/mol. The van der Waals surface area contributed by atoms with E-state index >= 15 is 0 Å². The molecule has 0 aliphatic carbocycles. The molecule has 0 saturated heterocycles. The van der Waals surface area contributed by atoms with Gasteiger partial charge in [-0.25, -0.2) is 0 Å². The Hall–Kier alpha value is 0.314. The minimum absolute atomic E-state index is 1.22. The smallest absolute Gasteiger partial charge is 0.389 e. The fourth-order valence-electron chi connectivity index (χ4n) is 0.729. The van der Waals surface area contributed by atoms with Gasteiger partial charge in [-0.15, -0.1) is 0 Å². The summed E-state index contributed by atoms with van der Waals surface area (Å²) >= 11 is 0. The van der Waals surface area contributed by atoms with E-state index in [0.29, 0.717) is 0 Å². The van der Waals surface area contributed by atoms with Gasteiger partial charge in [0, 0.05) is 14.2 Å². The van der Waals surface area contributed by atoms with Crippen molar-refractivity contribution < 1.29 is 8.85 Å². The van der Waals surface area contributed by atoms with E-state index in [0.717, 1.165) is 0 Å². The summed E-state index contributed by atoms with van der Waals surface area (Å²) in [4.78, 5) is 0. The van der Waals surface area contributed by atoms with E-state index in [1.165, 1.54) is 0 Å². The van der Waals surface area contributed by atoms with E-state index in [2.05, 4.69) is 30.9 Å². The molecule has 0 aliphatic rings. The summed E-state index contributed by atoms with van der Waals surface area (Å²) in [6.07, 6.45) is 0. The Bertz CT molecular complexity index is 112. The summed E-state index contributed by atoms with van der Waals surface area (Å²) in [6, 6.07) is 0. The van der Waals surface area contributed by atoms with E-state index in [-0.39, 0.29) is 0 Å². The molecule has 0 unspecified atom stereocenters. The molecule has 0 heterocycles. The molecule has 68 valence electrons. The third kappa shape index (κ3) is 3.48. The molecule has 0 aromatic carbocycles. The van der Waals surface area contributed by atoms with Crippen molar-refractivity contribution in [3.8, 4) is 0 Å². The van der Waals surface area contributed by atoms with Crippen LogP contribution in [0, 0.1) is 0 Å². The van der Waals surface area contributed by atoms with Crippen LogP contribution in [0.15, 0.2) is 0 Å². The van der Waals surface area contributed by atoms with Crippen molar-refractivity contribution in [2.24, 2.45) is 0 Å². The average molecular weight is 193 g/mol. The maximum absolute atomic E-state index is 5.27. The van der Waals surface area contributed by atoms with Gasteiger partial charge in [0.25, 0.3) is 0 Å². The lowest BCUT2D eigenvalue weighted by atomic mass is 11.6. The van der Waals surface area contributed by atoms with Crippen molar-refractivity contribution in [2.75, 3.05) is 21.3 Å². The van der Waals surface area contributed by atoms with Crippen LogP contribution in [0.5, 0.6) is 0 Å². The minimum atomic E-state index is -1.52. The third-order valence-corrected chi connectivity index (χ3v) is 8.29. The minimum Gasteiger partial charge on any atom is -0.389 e. The van der Waals surface area contributed by atoms with Gasteiger partial charge in [-0.1, -0.05) is 19.6 Å². The molecule has 0 spiro atoms. The zero-order valence-electron chi connectivity index (χ0n) is 8.34. The average Bonchev–Trinajstić information content (AvgIpc) is 1.88. The monoisotopic (exact) mass is 193 g/mol. The van der Waals surface area contributed by atoms with Crippen molar-refractivity contribution in [2.45, 2.75) is 19.6 Å². The molecule has 0 radical (unpaired) electrons. The van der Waals surface area contributed by atoms with Crippen LogP contribution in [-0.4, -0.2) is 43.2 Å². The van der Waals surface area contributed by atoms with E-state index in [4.69, 9.17) is 8.85 Å². The highest BCUT2D eigenvalue weighted by molar-refractivity contribution is 6.80. The molecule has 0 aliphatic heterocycles. The van der Waals surface area contributed by atoms with Gasteiger partial charge in [-0.2, -0.15) is 0 Å². The highest BCUT2D eigenvalue weighted by Gasteiger charge is 2.29. The van der Waals surface area contributed by atoms with Crippen molar-refractivity contribution in [3.63, 3.8) is 0 Å². The van der Waals surface area contributed by atoms with Crippen LogP contribution in [0.3, 0.4) is 0 Å². The second-order valence-electron chi connectivity index (χ2n) is 3.56. The van der Waals surface area contributed by atoms with Crippen molar-refractivity contribution >= 4 is 17.7 Å². The van der Waals surface area contributed by atoms with Crippen LogP contribution in [0.1, 0.15) is 0 Å². The number of hydrogen-bond acceptors (Lipinski definition) is 3. The zero-order chi connectivity index (χ0) is 9.07. The van der Waals surface area contributed by atoms with Crippen molar-refractivity contribution in [1.82, 2.24) is 4.23 Å². The summed E-state index contributed by atoms with van der Waals surface area (Å²) in [5, 5.41) is 0. The Kier molecular flexibility index (Phi) is 4.49. The molecular formula is C6H19NO2Si2. The predicted octanol–water partition coefficient (Wildman–Crippen LogP) is 0.763. The van der Waals surface area contributed by atoms with Crippen molar-refractivity contribution in [1.29, 1.82) is 0 Å². The lowest BCUT2D eigenvalue weighted by molar-refractivity contribution is 0.241. The molecule has 0 aromatic rings. The Balaban J connectivity index is 4.09. The maximum Gasteiger partial charge on any atom is 0.403 e. The highest BCUT2D eigenvalue weighted by Crippen LogP contribution is 2.08. The molecule has 0 N–H and O–H groups in total. The third-order valence-electron chi connectivity index (χ3n) is 1.78. The van der Waals surface area contributed by atoms with E-state index in [1.54, 1.807) is 14.2 Å². The Labute approximate surface area is 72.3 Å². The highest BCUT2D eigenvalue weighted by atomic mass is 28.4. The summed E-state index contributed by atoms with van der Waals surface area (Å²) in [5.41, 5.74) is 0. The molecule has 3 nitrogen and oxygen atoms in total. The first-order valence-electron chi connectivity index (χ1n) is 3.72. The Morgan fingerprint density at radius 1 is 1.09 bits per heavy atom. The second kappa shape index (κ2) is 4.37. The SMILES string of the molecule is CO[SiH](OC)N(C)[Si](C)(C)C. The van der Waals surface area contributed by atoms with Crippen LogP contribution in [0.25, 0.3) is 0 Å². The van der Waals surface area contributed by atoms with Gasteiger partial charge in [-0.05, 0) is 7.05 Å². The van der Waals surface area contributed by atoms with Gasteiger partial charge < -0.3 is 13.1 Å². The molecule has 11 heavy (non-hydrogen) atoms. The van der Waals surface area contributed by atoms with E-state index < -0.39 is 17.7 Å². The fraction of sp³-hybridized carbons (Fsp3) is 1.00. The first-order chi connectivity index (χ1) is 4.93. The molecule has 5 heteroatoms. The van der Waals surface area contributed by atoms with Gasteiger partial charge in [-0.3, -0.25) is 0 Å². The number of nitrogens with zero attached hydrogens (tertiary/aromatic N) is 1. The molecule has 0 aromatic heterocycles. The molecule has 0 bridgehead atoms. The van der Waals surface area contributed by atoms with Crippen LogP contribution < -0.4 is 0 Å². The van der Waals surface area contributed by atoms with E-state index in [9.17, 15) is 0 Å². The quantitative estimate of drug-likeness (QED) is 0.616. The van der Waals surface area contributed by atoms with E-state index in [1.807, 2.05) is 0 Å². The Morgan fingerprint density at radius 2 is 1.45 bits per heavy atom. The van der Waals surface area contributed by atoms with Gasteiger partial charge in [0.2, 0.25) is 0 Å². The first kappa shape index (κ1) is 11.3. The summed E-state index contributed by atoms with van der Waals surface area (Å²) in [5.74, 6) is 0. The van der Waals surface area contributed by atoms with Gasteiger partial charge >= 0.3 is 9.45 Å². The van der Waals surface area contributed by atoms with Crippen molar-refractivity contribution in [3.05, 3.63) is 0 Å². The van der Waals surface area contributed by atoms with Crippen LogP contribution in [0.2, 0.25) is 19.6 Å². The molecule has 0 amide bonds. The van der Waals surface area contributed by atoms with Crippen LogP contribution in [0.4, 0.5) is 0 Å². The largest absolute Gasteiger partial charge is 0.403 e. The molecule has 0 atom stereocenters. The molecule has 0 rings (SSSR count). The topological polar surface area (TPSA) is 21.7 Å². The molecule has 0 saturated carbocycles. The van der Waals surface area contributed by atoms with Crippen LogP contribution >= 0.6 is 0 Å². The summed E-state index contributed by atoms with van der Waals surface area (Å²) < 4.78 is 12.8. The van der Waals surface area contributed by atoms with Gasteiger partial charge in [0.1, 0.15) is 8.24 Å². The molecular weight excluding hydrogens is 174 g/mol. The van der Waals surface area contributed by atoms with Gasteiger partial charge in [0.15, 0.2) is 0 Å². The number of hydrogen-bond donors (Lipinski definition) is 0.